The molecule has 1 atom stereocenters. The normalized spacial score (nSPS) is 11.9. The number of aryl methyl sites for hydroxylation is 1. The van der Waals surface area contributed by atoms with E-state index in [4.69, 9.17) is 9.47 Å². The summed E-state index contributed by atoms with van der Waals surface area (Å²) >= 11 is 1.61. The highest BCUT2D eigenvalue weighted by molar-refractivity contribution is 7.99. The van der Waals surface area contributed by atoms with Crippen molar-refractivity contribution in [3.63, 3.8) is 0 Å². The molecular formula is C17H27NO3S. The lowest BCUT2D eigenvalue weighted by atomic mass is 10.1. The maximum absolute atomic E-state index is 11.9. The molecule has 1 aromatic carbocycles. The molecule has 0 spiro atoms. The van der Waals surface area contributed by atoms with Gasteiger partial charge in [-0.3, -0.25) is 4.79 Å². The van der Waals surface area contributed by atoms with Crippen LogP contribution in [-0.2, 0) is 10.5 Å². The topological polar surface area (TPSA) is 47.6 Å². The monoisotopic (exact) mass is 325 g/mol. The van der Waals surface area contributed by atoms with Gasteiger partial charge in [0.15, 0.2) is 11.5 Å². The zero-order valence-electron chi connectivity index (χ0n) is 14.2. The van der Waals surface area contributed by atoms with Gasteiger partial charge in [0.05, 0.1) is 20.0 Å². The Morgan fingerprint density at radius 3 is 2.50 bits per heavy atom. The summed E-state index contributed by atoms with van der Waals surface area (Å²) in [5.74, 6) is 2.82. The molecule has 0 aliphatic carbocycles. The summed E-state index contributed by atoms with van der Waals surface area (Å²) < 4.78 is 10.6. The third-order valence-corrected chi connectivity index (χ3v) is 4.44. The third kappa shape index (κ3) is 5.79. The Hall–Kier alpha value is -1.36. The quantitative estimate of drug-likeness (QED) is 0.754. The standard InChI is InChI=1S/C17H27NO3S/c1-6-7-13(3)18-17(19)11-22-10-14-9-16(21-5)15(20-4)8-12(14)2/h8-9,13H,6-7,10-11H2,1-5H3,(H,18,19)/t13-/m1/s1. The molecule has 22 heavy (non-hydrogen) atoms. The molecule has 0 fully saturated rings. The summed E-state index contributed by atoms with van der Waals surface area (Å²) in [5, 5.41) is 3.02. The molecule has 0 saturated carbocycles. The van der Waals surface area contributed by atoms with Crippen LogP contribution < -0.4 is 14.8 Å². The van der Waals surface area contributed by atoms with Crippen molar-refractivity contribution in [2.24, 2.45) is 0 Å². The summed E-state index contributed by atoms with van der Waals surface area (Å²) in [7, 11) is 3.26. The van der Waals surface area contributed by atoms with Gasteiger partial charge in [-0.05, 0) is 43.5 Å². The number of nitrogens with one attached hydrogen (secondary N) is 1. The number of benzene rings is 1. The van der Waals surface area contributed by atoms with E-state index in [-0.39, 0.29) is 11.9 Å². The van der Waals surface area contributed by atoms with E-state index in [1.807, 2.05) is 26.0 Å². The maximum Gasteiger partial charge on any atom is 0.230 e. The molecule has 0 heterocycles. The first-order valence-electron chi connectivity index (χ1n) is 7.60. The minimum atomic E-state index is 0.101. The summed E-state index contributed by atoms with van der Waals surface area (Å²) in [6.07, 6.45) is 2.10. The predicted molar refractivity (Wildman–Crippen MR) is 93.0 cm³/mol. The van der Waals surface area contributed by atoms with Gasteiger partial charge in [0.25, 0.3) is 0 Å². The number of thioether (sulfide) groups is 1. The first-order valence-corrected chi connectivity index (χ1v) is 8.75. The van der Waals surface area contributed by atoms with Gasteiger partial charge < -0.3 is 14.8 Å². The van der Waals surface area contributed by atoms with E-state index in [1.165, 1.54) is 0 Å². The van der Waals surface area contributed by atoms with Gasteiger partial charge in [0.2, 0.25) is 5.91 Å². The minimum absolute atomic E-state index is 0.101. The number of amides is 1. The first-order chi connectivity index (χ1) is 10.5. The Labute approximate surface area is 138 Å². The van der Waals surface area contributed by atoms with E-state index < -0.39 is 0 Å². The molecule has 0 aromatic heterocycles. The van der Waals surface area contributed by atoms with Crippen LogP contribution in [0.3, 0.4) is 0 Å². The summed E-state index contributed by atoms with van der Waals surface area (Å²) in [4.78, 5) is 11.9. The lowest BCUT2D eigenvalue weighted by molar-refractivity contribution is -0.119. The molecule has 0 saturated heterocycles. The van der Waals surface area contributed by atoms with Crippen LogP contribution in [0.5, 0.6) is 11.5 Å². The number of hydrogen-bond acceptors (Lipinski definition) is 4. The zero-order chi connectivity index (χ0) is 16.5. The van der Waals surface area contributed by atoms with Gasteiger partial charge in [0, 0.05) is 11.8 Å². The van der Waals surface area contributed by atoms with E-state index in [0.29, 0.717) is 5.75 Å². The molecule has 5 heteroatoms. The summed E-state index contributed by atoms with van der Waals surface area (Å²) in [6.45, 7) is 6.21. The molecule has 0 aliphatic rings. The van der Waals surface area contributed by atoms with Crippen LogP contribution in [-0.4, -0.2) is 31.9 Å². The van der Waals surface area contributed by atoms with Crippen molar-refractivity contribution in [3.05, 3.63) is 23.3 Å². The fourth-order valence-electron chi connectivity index (χ4n) is 2.25. The average molecular weight is 325 g/mol. The molecule has 4 nitrogen and oxygen atoms in total. The molecule has 0 bridgehead atoms. The van der Waals surface area contributed by atoms with Crippen LogP contribution in [0.2, 0.25) is 0 Å². The van der Waals surface area contributed by atoms with Crippen LogP contribution in [0, 0.1) is 6.92 Å². The largest absolute Gasteiger partial charge is 0.493 e. The van der Waals surface area contributed by atoms with E-state index in [9.17, 15) is 4.79 Å². The van der Waals surface area contributed by atoms with Crippen molar-refractivity contribution in [3.8, 4) is 11.5 Å². The minimum Gasteiger partial charge on any atom is -0.493 e. The van der Waals surface area contributed by atoms with E-state index in [1.54, 1.807) is 26.0 Å². The molecule has 124 valence electrons. The number of rotatable bonds is 9. The van der Waals surface area contributed by atoms with Gasteiger partial charge in [0.1, 0.15) is 0 Å². The Balaban J connectivity index is 2.53. The molecule has 1 aromatic rings. The van der Waals surface area contributed by atoms with Crippen LogP contribution >= 0.6 is 11.8 Å². The van der Waals surface area contributed by atoms with Crippen molar-refractivity contribution in [2.45, 2.75) is 45.4 Å². The van der Waals surface area contributed by atoms with Crippen molar-refractivity contribution in [1.29, 1.82) is 0 Å². The number of hydrogen-bond donors (Lipinski definition) is 1. The molecular weight excluding hydrogens is 298 g/mol. The fraction of sp³-hybridized carbons (Fsp3) is 0.588. The second-order valence-electron chi connectivity index (χ2n) is 5.38. The van der Waals surface area contributed by atoms with Crippen LogP contribution in [0.1, 0.15) is 37.8 Å². The molecule has 0 radical (unpaired) electrons. The smallest absolute Gasteiger partial charge is 0.230 e. The lowest BCUT2D eigenvalue weighted by Crippen LogP contribution is -2.33. The Morgan fingerprint density at radius 1 is 1.27 bits per heavy atom. The van der Waals surface area contributed by atoms with Gasteiger partial charge in [-0.2, -0.15) is 0 Å². The van der Waals surface area contributed by atoms with Crippen LogP contribution in [0.4, 0.5) is 0 Å². The highest BCUT2D eigenvalue weighted by Gasteiger charge is 2.10. The summed E-state index contributed by atoms with van der Waals surface area (Å²) in [6, 6.07) is 4.21. The van der Waals surface area contributed by atoms with Gasteiger partial charge in [-0.15, -0.1) is 11.8 Å². The number of carbonyl (C=O) groups excluding carboxylic acids is 1. The molecule has 1 rings (SSSR count). The Bertz CT molecular complexity index is 491. The van der Waals surface area contributed by atoms with Gasteiger partial charge in [-0.1, -0.05) is 13.3 Å². The zero-order valence-corrected chi connectivity index (χ0v) is 15.0. The highest BCUT2D eigenvalue weighted by atomic mass is 32.2. The molecule has 0 unspecified atom stereocenters. The van der Waals surface area contributed by atoms with Crippen molar-refractivity contribution in [1.82, 2.24) is 5.32 Å². The second-order valence-corrected chi connectivity index (χ2v) is 6.37. The van der Waals surface area contributed by atoms with Gasteiger partial charge >= 0.3 is 0 Å². The first kappa shape index (κ1) is 18.7. The van der Waals surface area contributed by atoms with E-state index in [2.05, 4.69) is 12.2 Å². The Kier molecular flexibility index (Phi) is 8.17. The van der Waals surface area contributed by atoms with Crippen molar-refractivity contribution >= 4 is 17.7 Å². The van der Waals surface area contributed by atoms with Crippen LogP contribution in [0.15, 0.2) is 12.1 Å². The van der Waals surface area contributed by atoms with Gasteiger partial charge in [-0.25, -0.2) is 0 Å². The third-order valence-electron chi connectivity index (χ3n) is 3.46. The average Bonchev–Trinajstić information content (AvgIpc) is 2.48. The SMILES string of the molecule is CCC[C@@H](C)NC(=O)CSCc1cc(OC)c(OC)cc1C. The number of methoxy groups -OCH3 is 2. The maximum atomic E-state index is 11.9. The highest BCUT2D eigenvalue weighted by Crippen LogP contribution is 2.31. The van der Waals surface area contributed by atoms with Crippen molar-refractivity contribution < 1.29 is 14.3 Å². The van der Waals surface area contributed by atoms with Crippen LogP contribution in [0.25, 0.3) is 0 Å². The Morgan fingerprint density at radius 2 is 1.91 bits per heavy atom. The summed E-state index contributed by atoms with van der Waals surface area (Å²) in [5.41, 5.74) is 2.31. The molecule has 1 amide bonds. The second kappa shape index (κ2) is 9.62. The molecule has 1 N–H and O–H groups in total. The predicted octanol–water partition coefficient (Wildman–Crippen LogP) is 3.55. The van der Waals surface area contributed by atoms with Crippen molar-refractivity contribution in [2.75, 3.05) is 20.0 Å². The van der Waals surface area contributed by atoms with E-state index >= 15 is 0 Å². The molecule has 0 aliphatic heterocycles. The number of ether oxygens (including phenoxy) is 2. The lowest BCUT2D eigenvalue weighted by Gasteiger charge is -2.14. The number of carbonyl (C=O) groups is 1. The fourth-order valence-corrected chi connectivity index (χ4v) is 3.16. The van der Waals surface area contributed by atoms with E-state index in [0.717, 1.165) is 41.2 Å².